The molecule has 1 aromatic carbocycles. The Bertz CT molecular complexity index is 743. The Morgan fingerprint density at radius 1 is 1.20 bits per heavy atom. The number of aromatic nitrogens is 1. The summed E-state index contributed by atoms with van der Waals surface area (Å²) in [6.45, 7) is -0.418. The van der Waals surface area contributed by atoms with Crippen LogP contribution in [0.1, 0.15) is 5.69 Å². The van der Waals surface area contributed by atoms with Gasteiger partial charge in [-0.15, -0.1) is 0 Å². The zero-order valence-electron chi connectivity index (χ0n) is 9.82. The fourth-order valence-corrected chi connectivity index (χ4v) is 2.57. The number of sulfonamides is 1. The van der Waals surface area contributed by atoms with E-state index in [0.717, 1.165) is 12.3 Å². The van der Waals surface area contributed by atoms with Crippen molar-refractivity contribution in [2.75, 3.05) is 4.72 Å². The number of anilines is 1. The van der Waals surface area contributed by atoms with Crippen molar-refractivity contribution in [3.63, 3.8) is 0 Å². The van der Waals surface area contributed by atoms with E-state index >= 15 is 0 Å². The highest BCUT2D eigenvalue weighted by atomic mass is 32.2. The third-order valence-electron chi connectivity index (χ3n) is 2.43. The van der Waals surface area contributed by atoms with Crippen molar-refractivity contribution in [1.82, 2.24) is 4.98 Å². The van der Waals surface area contributed by atoms with Gasteiger partial charge < -0.3 is 10.1 Å². The highest BCUT2D eigenvalue weighted by Crippen LogP contribution is 2.23. The first-order valence-electron chi connectivity index (χ1n) is 5.29. The van der Waals surface area contributed by atoms with Gasteiger partial charge in [0.05, 0.1) is 12.3 Å². The molecule has 0 unspecified atom stereocenters. The SMILES string of the molecule is O=S(=O)(Nc1cc(F)cc(F)c1F)c1c[nH]c(CO)c1. The summed E-state index contributed by atoms with van der Waals surface area (Å²) in [5.41, 5.74) is -0.620. The number of H-pyrrole nitrogens is 1. The molecule has 20 heavy (non-hydrogen) atoms. The summed E-state index contributed by atoms with van der Waals surface area (Å²) in [6.07, 6.45) is 1.06. The smallest absolute Gasteiger partial charge is 0.263 e. The van der Waals surface area contributed by atoms with Crippen molar-refractivity contribution in [3.8, 4) is 0 Å². The highest BCUT2D eigenvalue weighted by Gasteiger charge is 2.20. The molecule has 108 valence electrons. The minimum atomic E-state index is -4.22. The minimum absolute atomic E-state index is 0.219. The molecule has 3 N–H and O–H groups in total. The predicted octanol–water partition coefficient (Wildman–Crippen LogP) is 1.73. The van der Waals surface area contributed by atoms with Crippen LogP contribution < -0.4 is 4.72 Å². The van der Waals surface area contributed by atoms with E-state index in [4.69, 9.17) is 5.11 Å². The summed E-state index contributed by atoms with van der Waals surface area (Å²) in [6, 6.07) is 1.93. The van der Waals surface area contributed by atoms with Crippen LogP contribution in [0.2, 0.25) is 0 Å². The second-order valence-corrected chi connectivity index (χ2v) is 5.56. The zero-order chi connectivity index (χ0) is 14.9. The van der Waals surface area contributed by atoms with Crippen LogP contribution >= 0.6 is 0 Å². The van der Waals surface area contributed by atoms with E-state index in [2.05, 4.69) is 4.98 Å². The minimum Gasteiger partial charge on any atom is -0.390 e. The normalized spacial score (nSPS) is 11.6. The summed E-state index contributed by atoms with van der Waals surface area (Å²) in [4.78, 5) is 2.17. The van der Waals surface area contributed by atoms with Crippen LogP contribution in [0.5, 0.6) is 0 Å². The molecular weight excluding hydrogens is 297 g/mol. The number of nitrogens with one attached hydrogen (secondary N) is 2. The van der Waals surface area contributed by atoms with Crippen LogP contribution in [-0.2, 0) is 16.6 Å². The molecule has 0 aliphatic rings. The van der Waals surface area contributed by atoms with E-state index < -0.39 is 39.8 Å². The molecule has 2 aromatic rings. The topological polar surface area (TPSA) is 82.2 Å². The number of hydrogen-bond donors (Lipinski definition) is 3. The molecule has 0 radical (unpaired) electrons. The van der Waals surface area contributed by atoms with Gasteiger partial charge in [0, 0.05) is 24.0 Å². The van der Waals surface area contributed by atoms with Crippen molar-refractivity contribution in [3.05, 3.63) is 47.5 Å². The van der Waals surface area contributed by atoms with Crippen LogP contribution in [0.3, 0.4) is 0 Å². The first kappa shape index (κ1) is 14.4. The van der Waals surface area contributed by atoms with Crippen LogP contribution in [0, 0.1) is 17.5 Å². The number of benzene rings is 1. The van der Waals surface area contributed by atoms with E-state index in [0.29, 0.717) is 12.1 Å². The molecule has 1 aromatic heterocycles. The molecule has 5 nitrogen and oxygen atoms in total. The fourth-order valence-electron chi connectivity index (χ4n) is 1.50. The monoisotopic (exact) mass is 306 g/mol. The molecule has 0 spiro atoms. The second kappa shape index (κ2) is 5.17. The predicted molar refractivity (Wildman–Crippen MR) is 63.8 cm³/mol. The van der Waals surface area contributed by atoms with Crippen molar-refractivity contribution in [2.24, 2.45) is 0 Å². The zero-order valence-corrected chi connectivity index (χ0v) is 10.6. The van der Waals surface area contributed by atoms with E-state index in [9.17, 15) is 21.6 Å². The molecule has 0 fully saturated rings. The first-order valence-corrected chi connectivity index (χ1v) is 6.77. The Hall–Kier alpha value is -2.00. The lowest BCUT2D eigenvalue weighted by Crippen LogP contribution is -2.14. The molecule has 0 bridgehead atoms. The van der Waals surface area contributed by atoms with Gasteiger partial charge in [0.1, 0.15) is 10.7 Å². The van der Waals surface area contributed by atoms with E-state index in [1.807, 2.05) is 0 Å². The van der Waals surface area contributed by atoms with Crippen molar-refractivity contribution in [2.45, 2.75) is 11.5 Å². The summed E-state index contributed by atoms with van der Waals surface area (Å²) < 4.78 is 64.8. The number of aliphatic hydroxyl groups excluding tert-OH is 1. The largest absolute Gasteiger partial charge is 0.390 e. The molecule has 0 atom stereocenters. The van der Waals surface area contributed by atoms with Crippen LogP contribution in [-0.4, -0.2) is 18.5 Å². The number of aliphatic hydroxyl groups is 1. The summed E-state index contributed by atoms with van der Waals surface area (Å²) in [5.74, 6) is -4.13. The molecule has 0 saturated heterocycles. The summed E-state index contributed by atoms with van der Waals surface area (Å²) in [5, 5.41) is 8.82. The molecule has 9 heteroatoms. The Kier molecular flexibility index (Phi) is 3.73. The molecule has 0 aliphatic heterocycles. The Labute approximate surface area is 112 Å². The number of aromatic amines is 1. The van der Waals surface area contributed by atoms with Gasteiger partial charge in [0.15, 0.2) is 11.6 Å². The number of hydrogen-bond acceptors (Lipinski definition) is 3. The van der Waals surface area contributed by atoms with E-state index in [1.54, 1.807) is 4.72 Å². The lowest BCUT2D eigenvalue weighted by molar-refractivity contribution is 0.277. The van der Waals surface area contributed by atoms with Gasteiger partial charge in [-0.05, 0) is 6.07 Å². The molecule has 0 amide bonds. The quantitative estimate of drug-likeness (QED) is 0.752. The van der Waals surface area contributed by atoms with Crippen LogP contribution in [0.4, 0.5) is 18.9 Å². The average molecular weight is 306 g/mol. The van der Waals surface area contributed by atoms with Gasteiger partial charge in [-0.1, -0.05) is 0 Å². The maximum Gasteiger partial charge on any atom is 0.263 e. The van der Waals surface area contributed by atoms with Crippen LogP contribution in [0.15, 0.2) is 29.3 Å². The van der Waals surface area contributed by atoms with E-state index in [1.165, 1.54) is 0 Å². The van der Waals surface area contributed by atoms with Crippen LogP contribution in [0.25, 0.3) is 0 Å². The maximum atomic E-state index is 13.4. The fraction of sp³-hybridized carbons (Fsp3) is 0.0909. The van der Waals surface area contributed by atoms with Gasteiger partial charge in [-0.3, -0.25) is 4.72 Å². The van der Waals surface area contributed by atoms with Gasteiger partial charge in [-0.2, -0.15) is 0 Å². The average Bonchev–Trinajstić information content (AvgIpc) is 2.84. The molecule has 1 heterocycles. The molecular formula is C11H9F3N2O3S. The third-order valence-corrected chi connectivity index (χ3v) is 3.78. The lowest BCUT2D eigenvalue weighted by atomic mass is 10.3. The Morgan fingerprint density at radius 2 is 1.90 bits per heavy atom. The number of halogens is 3. The summed E-state index contributed by atoms with van der Waals surface area (Å²) >= 11 is 0. The highest BCUT2D eigenvalue weighted by molar-refractivity contribution is 7.92. The van der Waals surface area contributed by atoms with Crippen molar-refractivity contribution < 1.29 is 26.7 Å². The molecule has 2 rings (SSSR count). The Morgan fingerprint density at radius 3 is 2.50 bits per heavy atom. The standard InChI is InChI=1S/C11H9F3N2O3S/c12-6-1-9(13)11(14)10(2-6)16-20(18,19)8-3-7(5-17)15-4-8/h1-4,15-17H,5H2. The van der Waals surface area contributed by atoms with Gasteiger partial charge >= 0.3 is 0 Å². The first-order chi connectivity index (χ1) is 9.33. The number of rotatable bonds is 4. The van der Waals surface area contributed by atoms with Crippen molar-refractivity contribution >= 4 is 15.7 Å². The van der Waals surface area contributed by atoms with E-state index in [-0.39, 0.29) is 10.6 Å². The summed E-state index contributed by atoms with van der Waals surface area (Å²) in [7, 11) is -4.22. The molecule has 0 saturated carbocycles. The third kappa shape index (κ3) is 2.78. The van der Waals surface area contributed by atoms with Gasteiger partial charge in [-0.25, -0.2) is 21.6 Å². The van der Waals surface area contributed by atoms with Gasteiger partial charge in [0.2, 0.25) is 0 Å². The van der Waals surface area contributed by atoms with Gasteiger partial charge in [0.25, 0.3) is 10.0 Å². The lowest BCUT2D eigenvalue weighted by Gasteiger charge is -2.08. The van der Waals surface area contributed by atoms with Crippen molar-refractivity contribution in [1.29, 1.82) is 0 Å². The second-order valence-electron chi connectivity index (χ2n) is 3.87. The maximum absolute atomic E-state index is 13.4. The Balaban J connectivity index is 2.38. The molecule has 0 aliphatic carbocycles.